The van der Waals surface area contributed by atoms with Gasteiger partial charge in [0.2, 0.25) is 0 Å². The van der Waals surface area contributed by atoms with Gasteiger partial charge in [0.1, 0.15) is 0 Å². The van der Waals surface area contributed by atoms with Crippen LogP contribution in [0.3, 0.4) is 0 Å². The summed E-state index contributed by atoms with van der Waals surface area (Å²) in [5.74, 6) is 0. The van der Waals surface area contributed by atoms with E-state index in [0.29, 0.717) is 0 Å². The van der Waals surface area contributed by atoms with Crippen molar-refractivity contribution in [2.75, 3.05) is 0 Å². The highest BCUT2D eigenvalue weighted by Crippen LogP contribution is 2.15. The molecule has 0 amide bonds. The van der Waals surface area contributed by atoms with Crippen LogP contribution in [0.1, 0.15) is 12.8 Å². The van der Waals surface area contributed by atoms with Gasteiger partial charge >= 0.3 is 0 Å². The predicted molar refractivity (Wildman–Crippen MR) is 31.2 cm³/mol. The first kappa shape index (κ1) is 6.01. The fourth-order valence-corrected chi connectivity index (χ4v) is 1.04. The third kappa shape index (κ3) is 0.844. The summed E-state index contributed by atoms with van der Waals surface area (Å²) in [6, 6.07) is -0.157. The largest absolute Gasteiger partial charge is 0.390 e. The summed E-state index contributed by atoms with van der Waals surface area (Å²) in [4.78, 5) is 0. The van der Waals surface area contributed by atoms with Crippen molar-refractivity contribution in [1.29, 1.82) is 0 Å². The van der Waals surface area contributed by atoms with E-state index in [9.17, 15) is 0 Å². The molecule has 0 radical (unpaired) electrons. The minimum absolute atomic E-state index is 0.0787. The fourth-order valence-electron chi connectivity index (χ4n) is 1.04. The lowest BCUT2D eigenvalue weighted by Crippen LogP contribution is -2.39. The maximum atomic E-state index is 9.02. The molecule has 0 spiro atoms. The van der Waals surface area contributed by atoms with E-state index >= 15 is 0 Å². The molecule has 1 saturated carbocycles. The Kier molecular flexibility index (Phi) is 1.51. The van der Waals surface area contributed by atoms with Gasteiger partial charge in [-0.15, -0.1) is 0 Å². The topological polar surface area (TPSA) is 72.3 Å². The molecule has 2 atom stereocenters. The summed E-state index contributed by atoms with van der Waals surface area (Å²) in [5, 5.41) is 9.02. The van der Waals surface area contributed by atoms with Crippen LogP contribution in [0.25, 0.3) is 0 Å². The molecule has 5 N–H and O–H groups in total. The minimum atomic E-state index is -0.463. The highest BCUT2D eigenvalue weighted by molar-refractivity contribution is 4.89. The number of nitrogens with two attached hydrogens (primary N) is 2. The molecule has 0 unspecified atom stereocenters. The van der Waals surface area contributed by atoms with E-state index in [4.69, 9.17) is 16.6 Å². The molecule has 1 fully saturated rings. The Hall–Kier alpha value is -0.120. The summed E-state index contributed by atoms with van der Waals surface area (Å²) < 4.78 is 0. The van der Waals surface area contributed by atoms with Gasteiger partial charge in [-0.25, -0.2) is 0 Å². The predicted octanol–water partition coefficient (Wildman–Crippen LogP) is -1.20. The molecular formula is C5H12N2O. The summed E-state index contributed by atoms with van der Waals surface area (Å²) in [6.45, 7) is 0. The summed E-state index contributed by atoms with van der Waals surface area (Å²) in [7, 11) is 0. The second kappa shape index (κ2) is 2.01. The van der Waals surface area contributed by atoms with Crippen LogP contribution in [-0.4, -0.2) is 23.3 Å². The van der Waals surface area contributed by atoms with E-state index in [-0.39, 0.29) is 12.1 Å². The van der Waals surface area contributed by atoms with E-state index < -0.39 is 6.10 Å². The van der Waals surface area contributed by atoms with Gasteiger partial charge in [-0.1, -0.05) is 0 Å². The van der Waals surface area contributed by atoms with Crippen LogP contribution < -0.4 is 11.5 Å². The molecule has 0 aliphatic heterocycles. The Morgan fingerprint density at radius 1 is 1.12 bits per heavy atom. The zero-order valence-electron chi connectivity index (χ0n) is 4.75. The standard InChI is InChI=1S/C5H12N2O/c6-3-1-2-4(7)5(3)8/h3-5,8H,1-2,6-7H2/t3-,4-/m0/s1. The van der Waals surface area contributed by atoms with Gasteiger partial charge in [0.15, 0.2) is 0 Å². The van der Waals surface area contributed by atoms with Crippen LogP contribution in [0.15, 0.2) is 0 Å². The van der Waals surface area contributed by atoms with E-state index in [2.05, 4.69) is 0 Å². The quantitative estimate of drug-likeness (QED) is 0.372. The molecule has 0 saturated heterocycles. The van der Waals surface area contributed by atoms with Crippen molar-refractivity contribution >= 4 is 0 Å². The molecule has 0 aromatic carbocycles. The zero-order chi connectivity index (χ0) is 6.15. The van der Waals surface area contributed by atoms with Crippen LogP contribution in [0, 0.1) is 0 Å². The zero-order valence-corrected chi connectivity index (χ0v) is 4.75. The normalized spacial score (nSPS) is 40.9. The molecule has 3 heteroatoms. The number of aliphatic hydroxyl groups excluding tert-OH is 1. The first-order chi connectivity index (χ1) is 3.72. The lowest BCUT2D eigenvalue weighted by Gasteiger charge is -2.10. The summed E-state index contributed by atoms with van der Waals surface area (Å²) >= 11 is 0. The molecule has 0 bridgehead atoms. The number of hydrogen-bond acceptors (Lipinski definition) is 3. The SMILES string of the molecule is N[C@H]1CC[C@H](N)C1O. The highest BCUT2D eigenvalue weighted by Gasteiger charge is 2.28. The molecule has 3 nitrogen and oxygen atoms in total. The fraction of sp³-hybridized carbons (Fsp3) is 1.00. The Labute approximate surface area is 48.7 Å². The Morgan fingerprint density at radius 2 is 1.50 bits per heavy atom. The van der Waals surface area contributed by atoms with E-state index in [0.717, 1.165) is 12.8 Å². The monoisotopic (exact) mass is 116 g/mol. The van der Waals surface area contributed by atoms with Crippen molar-refractivity contribution in [3.05, 3.63) is 0 Å². The van der Waals surface area contributed by atoms with E-state index in [1.165, 1.54) is 0 Å². The van der Waals surface area contributed by atoms with Crippen LogP contribution in [0.4, 0.5) is 0 Å². The molecule has 0 heterocycles. The van der Waals surface area contributed by atoms with E-state index in [1.807, 2.05) is 0 Å². The molecule has 1 rings (SSSR count). The van der Waals surface area contributed by atoms with Gasteiger partial charge in [-0.3, -0.25) is 0 Å². The van der Waals surface area contributed by atoms with Crippen molar-refractivity contribution in [2.24, 2.45) is 11.5 Å². The Bertz CT molecular complexity index is 76.5. The Balaban J connectivity index is 2.44. The average Bonchev–Trinajstić information content (AvgIpc) is 1.98. The second-order valence-corrected chi connectivity index (χ2v) is 2.40. The molecule has 8 heavy (non-hydrogen) atoms. The third-order valence-electron chi connectivity index (χ3n) is 1.71. The molecule has 1 aliphatic carbocycles. The van der Waals surface area contributed by atoms with Gasteiger partial charge in [-0.05, 0) is 12.8 Å². The van der Waals surface area contributed by atoms with Crippen LogP contribution in [0.5, 0.6) is 0 Å². The molecular weight excluding hydrogens is 104 g/mol. The number of aliphatic hydroxyl groups is 1. The molecule has 1 aliphatic rings. The second-order valence-electron chi connectivity index (χ2n) is 2.40. The minimum Gasteiger partial charge on any atom is -0.390 e. The van der Waals surface area contributed by atoms with Gasteiger partial charge in [0.25, 0.3) is 0 Å². The maximum Gasteiger partial charge on any atom is 0.0841 e. The van der Waals surface area contributed by atoms with Crippen LogP contribution in [-0.2, 0) is 0 Å². The Morgan fingerprint density at radius 3 is 1.62 bits per heavy atom. The van der Waals surface area contributed by atoms with Crippen LogP contribution >= 0.6 is 0 Å². The first-order valence-corrected chi connectivity index (χ1v) is 2.91. The van der Waals surface area contributed by atoms with E-state index in [1.54, 1.807) is 0 Å². The molecule has 0 aromatic rings. The van der Waals surface area contributed by atoms with Gasteiger partial charge in [0.05, 0.1) is 6.10 Å². The van der Waals surface area contributed by atoms with Gasteiger partial charge in [-0.2, -0.15) is 0 Å². The molecule has 0 aromatic heterocycles. The van der Waals surface area contributed by atoms with Crippen molar-refractivity contribution < 1.29 is 5.11 Å². The summed E-state index contributed by atoms with van der Waals surface area (Å²) in [5.41, 5.74) is 10.9. The lowest BCUT2D eigenvalue weighted by molar-refractivity contribution is 0.149. The first-order valence-electron chi connectivity index (χ1n) is 2.91. The van der Waals surface area contributed by atoms with Crippen LogP contribution in [0.2, 0.25) is 0 Å². The lowest BCUT2D eigenvalue weighted by atomic mass is 10.2. The van der Waals surface area contributed by atoms with Gasteiger partial charge < -0.3 is 16.6 Å². The van der Waals surface area contributed by atoms with Crippen molar-refractivity contribution in [1.82, 2.24) is 0 Å². The van der Waals surface area contributed by atoms with Crippen molar-refractivity contribution in [2.45, 2.75) is 31.0 Å². The van der Waals surface area contributed by atoms with Crippen molar-refractivity contribution in [3.8, 4) is 0 Å². The summed E-state index contributed by atoms with van der Waals surface area (Å²) in [6.07, 6.45) is 1.26. The maximum absolute atomic E-state index is 9.02. The van der Waals surface area contributed by atoms with Crippen molar-refractivity contribution in [3.63, 3.8) is 0 Å². The average molecular weight is 116 g/mol. The third-order valence-corrected chi connectivity index (χ3v) is 1.71. The van der Waals surface area contributed by atoms with Gasteiger partial charge in [0, 0.05) is 12.1 Å². The number of rotatable bonds is 0. The number of hydrogen-bond donors (Lipinski definition) is 3. The smallest absolute Gasteiger partial charge is 0.0841 e. The molecule has 48 valence electrons. The highest BCUT2D eigenvalue weighted by atomic mass is 16.3.